The normalized spacial score (nSPS) is 17.9. The predicted octanol–water partition coefficient (Wildman–Crippen LogP) is 3.20. The molecule has 0 spiro atoms. The molecule has 1 aliphatic rings. The Hall–Kier alpha value is -1.68. The number of aromatic nitrogens is 2. The minimum Gasteiger partial charge on any atom is -0.385 e. The summed E-state index contributed by atoms with van der Waals surface area (Å²) in [6.07, 6.45) is -0.917. The van der Waals surface area contributed by atoms with Gasteiger partial charge in [-0.1, -0.05) is 0 Å². The SMILES string of the molecule is COCCCNC(=S)Nc1nc(N2CCCCC2C)cc(C(F)(F)F)n1. The van der Waals surface area contributed by atoms with E-state index in [2.05, 4.69) is 20.6 Å². The Bertz CT molecular complexity index is 614. The first kappa shape index (κ1) is 20.6. The van der Waals surface area contributed by atoms with Crippen molar-refractivity contribution >= 4 is 29.1 Å². The zero-order valence-electron chi connectivity index (χ0n) is 14.9. The summed E-state index contributed by atoms with van der Waals surface area (Å²) < 4.78 is 44.6. The Labute approximate surface area is 156 Å². The summed E-state index contributed by atoms with van der Waals surface area (Å²) in [7, 11) is 1.59. The molecular weight excluding hydrogens is 367 g/mol. The van der Waals surface area contributed by atoms with Crippen LogP contribution in [0.2, 0.25) is 0 Å². The molecule has 0 radical (unpaired) electrons. The fraction of sp³-hybridized carbons (Fsp3) is 0.688. The number of nitrogens with zero attached hydrogens (tertiary/aromatic N) is 3. The smallest absolute Gasteiger partial charge is 0.385 e. The van der Waals surface area contributed by atoms with Crippen molar-refractivity contribution in [1.29, 1.82) is 0 Å². The van der Waals surface area contributed by atoms with E-state index in [1.807, 2.05) is 11.8 Å². The monoisotopic (exact) mass is 391 g/mol. The van der Waals surface area contributed by atoms with Gasteiger partial charge in [-0.3, -0.25) is 0 Å². The zero-order chi connectivity index (χ0) is 19.2. The maximum atomic E-state index is 13.2. The third-order valence-corrected chi connectivity index (χ3v) is 4.38. The van der Waals surface area contributed by atoms with Gasteiger partial charge in [-0.15, -0.1) is 0 Å². The number of anilines is 2. The van der Waals surface area contributed by atoms with Gasteiger partial charge in [0.15, 0.2) is 10.8 Å². The Morgan fingerprint density at radius 3 is 2.81 bits per heavy atom. The van der Waals surface area contributed by atoms with Crippen molar-refractivity contribution in [2.45, 2.75) is 44.8 Å². The third-order valence-electron chi connectivity index (χ3n) is 4.14. The minimum atomic E-state index is -4.55. The standard InChI is InChI=1S/C16H24F3N5OS/c1-11-6-3-4-8-24(11)13-10-12(16(17,18)19)21-14(22-13)23-15(26)20-7-5-9-25-2/h10-11H,3-9H2,1-2H3,(H2,20,21,22,23,26). The Balaban J connectivity index is 2.16. The van der Waals surface area contributed by atoms with Crippen LogP contribution in [0.25, 0.3) is 0 Å². The van der Waals surface area contributed by atoms with Gasteiger partial charge in [0, 0.05) is 38.9 Å². The van der Waals surface area contributed by atoms with Crippen LogP contribution >= 0.6 is 12.2 Å². The number of halogens is 3. The average Bonchev–Trinajstić information content (AvgIpc) is 2.58. The predicted molar refractivity (Wildman–Crippen MR) is 98.4 cm³/mol. The number of hydrogen-bond acceptors (Lipinski definition) is 5. The van der Waals surface area contributed by atoms with E-state index in [1.165, 1.54) is 0 Å². The molecule has 0 saturated carbocycles. The average molecular weight is 391 g/mol. The summed E-state index contributed by atoms with van der Waals surface area (Å²) in [6, 6.07) is 1.13. The molecule has 1 saturated heterocycles. The molecule has 146 valence electrons. The molecule has 1 atom stereocenters. The van der Waals surface area contributed by atoms with Crippen molar-refractivity contribution in [3.8, 4) is 0 Å². The first-order valence-corrected chi connectivity index (χ1v) is 8.99. The summed E-state index contributed by atoms with van der Waals surface area (Å²) in [5, 5.41) is 5.73. The number of nitrogens with one attached hydrogen (secondary N) is 2. The maximum Gasteiger partial charge on any atom is 0.433 e. The number of methoxy groups -OCH3 is 1. The van der Waals surface area contributed by atoms with E-state index in [-0.39, 0.29) is 22.9 Å². The second-order valence-electron chi connectivity index (χ2n) is 6.20. The molecule has 2 rings (SSSR count). The Morgan fingerprint density at radius 1 is 1.38 bits per heavy atom. The molecule has 2 N–H and O–H groups in total. The summed E-state index contributed by atoms with van der Waals surface area (Å²) in [5.74, 6) is 0.112. The molecule has 10 heteroatoms. The highest BCUT2D eigenvalue weighted by atomic mass is 32.1. The van der Waals surface area contributed by atoms with E-state index in [9.17, 15) is 13.2 Å². The molecule has 1 aromatic rings. The zero-order valence-corrected chi connectivity index (χ0v) is 15.7. The van der Waals surface area contributed by atoms with E-state index < -0.39 is 11.9 Å². The van der Waals surface area contributed by atoms with Crippen LogP contribution in [0.1, 0.15) is 38.3 Å². The van der Waals surface area contributed by atoms with E-state index in [1.54, 1.807) is 7.11 Å². The molecule has 0 aliphatic carbocycles. The van der Waals surface area contributed by atoms with Crippen LogP contribution in [0, 0.1) is 0 Å². The maximum absolute atomic E-state index is 13.2. The van der Waals surface area contributed by atoms with Crippen molar-refractivity contribution in [2.75, 3.05) is 37.0 Å². The summed E-state index contributed by atoms with van der Waals surface area (Å²) in [5.41, 5.74) is -0.982. The molecule has 1 aliphatic heterocycles. The summed E-state index contributed by atoms with van der Waals surface area (Å²) >= 11 is 5.11. The fourth-order valence-corrected chi connectivity index (χ4v) is 2.98. The second kappa shape index (κ2) is 9.31. The van der Waals surface area contributed by atoms with Crippen LogP contribution < -0.4 is 15.5 Å². The highest BCUT2D eigenvalue weighted by molar-refractivity contribution is 7.80. The van der Waals surface area contributed by atoms with Crippen LogP contribution in [0.15, 0.2) is 6.07 Å². The van der Waals surface area contributed by atoms with Crippen LogP contribution in [0.3, 0.4) is 0 Å². The number of rotatable bonds is 6. The number of hydrogen-bond donors (Lipinski definition) is 2. The summed E-state index contributed by atoms with van der Waals surface area (Å²) in [6.45, 7) is 3.76. The number of piperidine rings is 1. The first-order chi connectivity index (χ1) is 12.3. The molecule has 26 heavy (non-hydrogen) atoms. The van der Waals surface area contributed by atoms with Crippen molar-refractivity contribution in [3.05, 3.63) is 11.8 Å². The van der Waals surface area contributed by atoms with Gasteiger partial charge in [-0.25, -0.2) is 4.98 Å². The number of thiocarbonyl (C=S) groups is 1. The largest absolute Gasteiger partial charge is 0.433 e. The van der Waals surface area contributed by atoms with Gasteiger partial charge in [-0.05, 0) is 44.8 Å². The van der Waals surface area contributed by atoms with E-state index in [0.717, 1.165) is 31.7 Å². The van der Waals surface area contributed by atoms with Gasteiger partial charge in [-0.2, -0.15) is 18.2 Å². The lowest BCUT2D eigenvalue weighted by Gasteiger charge is -2.34. The van der Waals surface area contributed by atoms with Gasteiger partial charge in [0.1, 0.15) is 5.82 Å². The molecular formula is C16H24F3N5OS. The van der Waals surface area contributed by atoms with Crippen molar-refractivity contribution in [1.82, 2.24) is 15.3 Å². The minimum absolute atomic E-state index is 0.131. The van der Waals surface area contributed by atoms with Crippen molar-refractivity contribution in [2.24, 2.45) is 0 Å². The van der Waals surface area contributed by atoms with E-state index in [0.29, 0.717) is 19.7 Å². The van der Waals surface area contributed by atoms with Gasteiger partial charge < -0.3 is 20.3 Å². The van der Waals surface area contributed by atoms with Crippen molar-refractivity contribution in [3.63, 3.8) is 0 Å². The molecule has 1 aromatic heterocycles. The third kappa shape index (κ3) is 5.94. The van der Waals surface area contributed by atoms with Crippen LogP contribution in [-0.2, 0) is 10.9 Å². The highest BCUT2D eigenvalue weighted by Gasteiger charge is 2.35. The quantitative estimate of drug-likeness (QED) is 0.570. The van der Waals surface area contributed by atoms with Crippen LogP contribution in [-0.4, -0.2) is 47.9 Å². The van der Waals surface area contributed by atoms with E-state index in [4.69, 9.17) is 17.0 Å². The van der Waals surface area contributed by atoms with Gasteiger partial charge in [0.25, 0.3) is 0 Å². The molecule has 1 unspecified atom stereocenters. The number of ether oxygens (including phenoxy) is 1. The fourth-order valence-electron chi connectivity index (χ4n) is 2.79. The Kier molecular flexibility index (Phi) is 7.39. The summed E-state index contributed by atoms with van der Waals surface area (Å²) in [4.78, 5) is 9.73. The topological polar surface area (TPSA) is 62.3 Å². The van der Waals surface area contributed by atoms with Crippen LogP contribution in [0.5, 0.6) is 0 Å². The lowest BCUT2D eigenvalue weighted by molar-refractivity contribution is -0.141. The highest BCUT2D eigenvalue weighted by Crippen LogP contribution is 2.32. The Morgan fingerprint density at radius 2 is 2.15 bits per heavy atom. The lowest BCUT2D eigenvalue weighted by Crippen LogP contribution is -2.38. The van der Waals surface area contributed by atoms with Gasteiger partial charge in [0.05, 0.1) is 0 Å². The molecule has 1 fully saturated rings. The number of alkyl halides is 3. The van der Waals surface area contributed by atoms with Crippen molar-refractivity contribution < 1.29 is 17.9 Å². The van der Waals surface area contributed by atoms with E-state index >= 15 is 0 Å². The molecule has 0 amide bonds. The molecule has 6 nitrogen and oxygen atoms in total. The molecule has 0 bridgehead atoms. The molecule has 0 aromatic carbocycles. The van der Waals surface area contributed by atoms with Gasteiger partial charge in [0.2, 0.25) is 5.95 Å². The first-order valence-electron chi connectivity index (χ1n) is 8.58. The second-order valence-corrected chi connectivity index (χ2v) is 6.61. The lowest BCUT2D eigenvalue weighted by atomic mass is 10.0. The molecule has 2 heterocycles. The van der Waals surface area contributed by atoms with Crippen LogP contribution in [0.4, 0.5) is 24.9 Å². The van der Waals surface area contributed by atoms with Gasteiger partial charge >= 0.3 is 6.18 Å².